The fraction of sp³-hybridized carbons (Fsp3) is 0.733. The molecule has 0 saturated carbocycles. The van der Waals surface area contributed by atoms with E-state index in [1.807, 2.05) is 0 Å². The van der Waals surface area contributed by atoms with Crippen molar-refractivity contribution < 1.29 is 4.42 Å². The Morgan fingerprint density at radius 3 is 2.62 bits per heavy atom. The summed E-state index contributed by atoms with van der Waals surface area (Å²) in [5.74, 6) is 2.33. The van der Waals surface area contributed by atoms with Crippen LogP contribution in [0.25, 0.3) is 0 Å². The van der Waals surface area contributed by atoms with Crippen molar-refractivity contribution in [2.45, 2.75) is 39.7 Å². The Morgan fingerprint density at radius 2 is 2.10 bits per heavy atom. The van der Waals surface area contributed by atoms with Gasteiger partial charge in [0, 0.05) is 25.6 Å². The number of hydrogen-bond acceptors (Lipinski definition) is 4. The molecular formula is C15H29N5O. The van der Waals surface area contributed by atoms with Gasteiger partial charge in [-0.15, -0.1) is 0 Å². The summed E-state index contributed by atoms with van der Waals surface area (Å²) < 4.78 is 5.74. The van der Waals surface area contributed by atoms with E-state index in [1.54, 1.807) is 13.2 Å². The SMILES string of the molecule is CCN(C)CCNC(=NC)NCc1ncc(C(C)(C)C)o1. The predicted molar refractivity (Wildman–Crippen MR) is 86.6 cm³/mol. The maximum Gasteiger partial charge on any atom is 0.213 e. The number of likely N-dealkylation sites (N-methyl/N-ethyl adjacent to an activating group) is 1. The van der Waals surface area contributed by atoms with Gasteiger partial charge in [-0.2, -0.15) is 0 Å². The second-order valence-corrected chi connectivity index (χ2v) is 6.12. The van der Waals surface area contributed by atoms with Gasteiger partial charge < -0.3 is 20.0 Å². The Balaban J connectivity index is 2.40. The molecule has 21 heavy (non-hydrogen) atoms. The van der Waals surface area contributed by atoms with Gasteiger partial charge in [-0.05, 0) is 13.6 Å². The molecule has 0 aliphatic carbocycles. The Kier molecular flexibility index (Phi) is 6.68. The minimum Gasteiger partial charge on any atom is -0.443 e. The molecule has 0 amide bonds. The van der Waals surface area contributed by atoms with Gasteiger partial charge in [0.1, 0.15) is 5.76 Å². The summed E-state index contributed by atoms with van der Waals surface area (Å²) in [6.45, 7) is 11.9. The number of aliphatic imine (C=N–C) groups is 1. The van der Waals surface area contributed by atoms with Gasteiger partial charge in [-0.3, -0.25) is 4.99 Å². The largest absolute Gasteiger partial charge is 0.443 e. The minimum absolute atomic E-state index is 0.0179. The maximum atomic E-state index is 5.74. The Morgan fingerprint density at radius 1 is 1.38 bits per heavy atom. The molecule has 2 N–H and O–H groups in total. The van der Waals surface area contributed by atoms with Crippen LogP contribution in [0.3, 0.4) is 0 Å². The molecule has 0 aliphatic rings. The van der Waals surface area contributed by atoms with Crippen LogP contribution in [0.4, 0.5) is 0 Å². The summed E-state index contributed by atoms with van der Waals surface area (Å²) in [4.78, 5) is 10.7. The van der Waals surface area contributed by atoms with Crippen molar-refractivity contribution in [1.82, 2.24) is 20.5 Å². The van der Waals surface area contributed by atoms with Crippen LogP contribution in [0.1, 0.15) is 39.3 Å². The van der Waals surface area contributed by atoms with Gasteiger partial charge in [0.25, 0.3) is 0 Å². The van der Waals surface area contributed by atoms with Crippen molar-refractivity contribution in [3.63, 3.8) is 0 Å². The molecule has 0 fully saturated rings. The van der Waals surface area contributed by atoms with Gasteiger partial charge in [-0.1, -0.05) is 27.7 Å². The lowest BCUT2D eigenvalue weighted by Crippen LogP contribution is -2.40. The molecule has 0 radical (unpaired) electrons. The van der Waals surface area contributed by atoms with E-state index in [0.717, 1.165) is 31.4 Å². The standard InChI is InChI=1S/C15H29N5O/c1-7-20(6)9-8-17-14(16-5)19-11-13-18-10-12(21-13)15(2,3)4/h10H,7-9,11H2,1-6H3,(H2,16,17,19). The number of guanidine groups is 1. The first-order valence-electron chi connectivity index (χ1n) is 7.45. The van der Waals surface area contributed by atoms with Gasteiger partial charge in [-0.25, -0.2) is 4.98 Å². The lowest BCUT2D eigenvalue weighted by Gasteiger charge is -2.16. The zero-order valence-corrected chi connectivity index (χ0v) is 14.2. The van der Waals surface area contributed by atoms with Crippen LogP contribution in [0, 0.1) is 0 Å². The van der Waals surface area contributed by atoms with E-state index in [2.05, 4.69) is 60.3 Å². The number of rotatable bonds is 6. The minimum atomic E-state index is -0.0179. The molecule has 0 aromatic carbocycles. The molecule has 1 aromatic heterocycles. The zero-order valence-electron chi connectivity index (χ0n) is 14.2. The molecule has 6 nitrogen and oxygen atoms in total. The monoisotopic (exact) mass is 295 g/mol. The van der Waals surface area contributed by atoms with Crippen LogP contribution in [0.15, 0.2) is 15.6 Å². The Labute approximate surface area is 128 Å². The summed E-state index contributed by atoms with van der Waals surface area (Å²) in [7, 11) is 3.85. The van der Waals surface area contributed by atoms with E-state index in [0.29, 0.717) is 12.4 Å². The highest BCUT2D eigenvalue weighted by Gasteiger charge is 2.19. The van der Waals surface area contributed by atoms with Crippen molar-refractivity contribution in [2.24, 2.45) is 4.99 Å². The van der Waals surface area contributed by atoms with E-state index in [1.165, 1.54) is 0 Å². The summed E-state index contributed by atoms with van der Waals surface area (Å²) in [6, 6.07) is 0. The molecule has 6 heteroatoms. The number of nitrogens with one attached hydrogen (secondary N) is 2. The fourth-order valence-corrected chi connectivity index (χ4v) is 1.64. The molecule has 120 valence electrons. The molecule has 0 atom stereocenters. The average Bonchev–Trinajstić information content (AvgIpc) is 2.91. The van der Waals surface area contributed by atoms with Crippen LogP contribution in [-0.2, 0) is 12.0 Å². The lowest BCUT2D eigenvalue weighted by atomic mass is 9.94. The Bertz CT molecular complexity index is 447. The molecule has 1 rings (SSSR count). The molecule has 1 aromatic rings. The highest BCUT2D eigenvalue weighted by atomic mass is 16.4. The molecule has 1 heterocycles. The second-order valence-electron chi connectivity index (χ2n) is 6.12. The highest BCUT2D eigenvalue weighted by Crippen LogP contribution is 2.22. The molecule has 0 aliphatic heterocycles. The second kappa shape index (κ2) is 8.02. The fourth-order valence-electron chi connectivity index (χ4n) is 1.64. The topological polar surface area (TPSA) is 65.7 Å². The predicted octanol–water partition coefficient (Wildman–Crippen LogP) is 1.59. The average molecular weight is 295 g/mol. The first-order valence-corrected chi connectivity index (χ1v) is 7.45. The quantitative estimate of drug-likeness (QED) is 0.616. The van der Waals surface area contributed by atoms with Crippen LogP contribution >= 0.6 is 0 Å². The van der Waals surface area contributed by atoms with E-state index in [4.69, 9.17) is 4.42 Å². The van der Waals surface area contributed by atoms with Gasteiger partial charge in [0.15, 0.2) is 5.96 Å². The number of aromatic nitrogens is 1. The maximum absolute atomic E-state index is 5.74. The van der Waals surface area contributed by atoms with Crippen LogP contribution in [0.5, 0.6) is 0 Å². The zero-order chi connectivity index (χ0) is 15.9. The van der Waals surface area contributed by atoms with Crippen molar-refractivity contribution in [2.75, 3.05) is 33.7 Å². The van der Waals surface area contributed by atoms with Crippen molar-refractivity contribution in [3.8, 4) is 0 Å². The third-order valence-corrected chi connectivity index (χ3v) is 3.25. The van der Waals surface area contributed by atoms with E-state index < -0.39 is 0 Å². The molecule has 0 spiro atoms. The van der Waals surface area contributed by atoms with Gasteiger partial charge in [0.05, 0.1) is 12.7 Å². The third kappa shape index (κ3) is 6.16. The highest BCUT2D eigenvalue weighted by molar-refractivity contribution is 5.79. The first-order chi connectivity index (χ1) is 9.86. The number of nitrogens with zero attached hydrogens (tertiary/aromatic N) is 3. The van der Waals surface area contributed by atoms with Crippen molar-refractivity contribution >= 4 is 5.96 Å². The summed E-state index contributed by atoms with van der Waals surface area (Å²) >= 11 is 0. The molecule has 0 bridgehead atoms. The van der Waals surface area contributed by atoms with Crippen LogP contribution < -0.4 is 10.6 Å². The van der Waals surface area contributed by atoms with Gasteiger partial charge in [0.2, 0.25) is 5.89 Å². The van der Waals surface area contributed by atoms with E-state index in [9.17, 15) is 0 Å². The molecule has 0 saturated heterocycles. The van der Waals surface area contributed by atoms with E-state index in [-0.39, 0.29) is 5.41 Å². The van der Waals surface area contributed by atoms with Crippen LogP contribution in [0.2, 0.25) is 0 Å². The Hall–Kier alpha value is -1.56. The normalized spacial score (nSPS) is 12.8. The summed E-state index contributed by atoms with van der Waals surface area (Å²) in [5, 5.41) is 6.48. The first kappa shape index (κ1) is 17.5. The van der Waals surface area contributed by atoms with Crippen molar-refractivity contribution in [1.29, 1.82) is 0 Å². The summed E-state index contributed by atoms with van der Waals surface area (Å²) in [6.07, 6.45) is 1.80. The van der Waals surface area contributed by atoms with Crippen molar-refractivity contribution in [3.05, 3.63) is 17.8 Å². The number of oxazole rings is 1. The third-order valence-electron chi connectivity index (χ3n) is 3.25. The van der Waals surface area contributed by atoms with Gasteiger partial charge >= 0.3 is 0 Å². The molecular weight excluding hydrogens is 266 g/mol. The van der Waals surface area contributed by atoms with E-state index >= 15 is 0 Å². The van der Waals surface area contributed by atoms with Crippen LogP contribution in [-0.4, -0.2) is 49.6 Å². The smallest absolute Gasteiger partial charge is 0.213 e. The molecule has 0 unspecified atom stereocenters. The number of hydrogen-bond donors (Lipinski definition) is 2. The summed E-state index contributed by atoms with van der Waals surface area (Å²) in [5.41, 5.74) is -0.0179. The lowest BCUT2D eigenvalue weighted by molar-refractivity contribution is 0.356.